The van der Waals surface area contributed by atoms with Crippen molar-refractivity contribution < 1.29 is 36.9 Å². The molecule has 188 valence electrons. The van der Waals surface area contributed by atoms with Crippen LogP contribution >= 0.6 is 0 Å². The predicted octanol–water partition coefficient (Wildman–Crippen LogP) is 4.76. The Morgan fingerprint density at radius 3 is 1.97 bits per heavy atom. The summed E-state index contributed by atoms with van der Waals surface area (Å²) in [4.78, 5) is 11.2. The van der Waals surface area contributed by atoms with Crippen LogP contribution in [0.15, 0.2) is 18.2 Å². The lowest BCUT2D eigenvalue weighted by Gasteiger charge is -2.17. The summed E-state index contributed by atoms with van der Waals surface area (Å²) in [6.45, 7) is 15.8. The van der Waals surface area contributed by atoms with Crippen molar-refractivity contribution in [3.63, 3.8) is 0 Å². The second-order valence-corrected chi connectivity index (χ2v) is 6.62. The monoisotopic (exact) mass is 468 g/mol. The first kappa shape index (κ1) is 32.3. The van der Waals surface area contributed by atoms with Gasteiger partial charge in [0, 0.05) is 13.2 Å². The lowest BCUT2D eigenvalue weighted by molar-refractivity contribution is -0.344. The molecule has 32 heavy (non-hydrogen) atoms. The number of aryl methyl sites for hydroxylation is 1. The van der Waals surface area contributed by atoms with Gasteiger partial charge in [0.15, 0.2) is 11.6 Å². The van der Waals surface area contributed by atoms with Crippen molar-refractivity contribution in [1.82, 2.24) is 4.90 Å². The molecular weight excluding hydrogens is 430 g/mol. The van der Waals surface area contributed by atoms with E-state index in [1.807, 2.05) is 26.8 Å². The number of carboxylic acids is 1. The maximum atomic E-state index is 13.6. The summed E-state index contributed by atoms with van der Waals surface area (Å²) in [6, 6.07) is 5.05. The molecule has 5 nitrogen and oxygen atoms in total. The number of ether oxygens (including phenoxy) is 2. The summed E-state index contributed by atoms with van der Waals surface area (Å²) in [7, 11) is 0. The molecule has 9 heteroatoms. The van der Waals surface area contributed by atoms with Gasteiger partial charge in [0.1, 0.15) is 5.97 Å². The smallest absolute Gasteiger partial charge is 0.430 e. The summed E-state index contributed by atoms with van der Waals surface area (Å²) < 4.78 is 56.2. The Bertz CT molecular complexity index is 594. The molecule has 0 atom stereocenters. The van der Waals surface area contributed by atoms with Crippen LogP contribution in [0.2, 0.25) is 0 Å². The molecule has 0 saturated heterocycles. The third-order valence-electron chi connectivity index (χ3n) is 4.17. The number of hydrogen-bond acceptors (Lipinski definition) is 5. The Hall–Kier alpha value is -1.87. The van der Waals surface area contributed by atoms with Crippen LogP contribution in [0, 0.1) is 12.7 Å². The van der Waals surface area contributed by atoms with Crippen LogP contribution in [-0.4, -0.2) is 56.5 Å². The lowest BCUT2D eigenvalue weighted by atomic mass is 10.2. The highest BCUT2D eigenvalue weighted by Gasteiger charge is 2.28. The van der Waals surface area contributed by atoms with Gasteiger partial charge in [0.25, 0.3) is 0 Å². The van der Waals surface area contributed by atoms with E-state index in [-0.39, 0.29) is 5.82 Å². The number of aliphatic carboxylic acids is 1. The molecule has 0 spiro atoms. The molecule has 0 N–H and O–H groups in total. The quantitative estimate of drug-likeness (QED) is 0.309. The van der Waals surface area contributed by atoms with Gasteiger partial charge in [-0.25, -0.2) is 4.39 Å². The summed E-state index contributed by atoms with van der Waals surface area (Å²) in [5.41, 5.74) is 0.907. The lowest BCUT2D eigenvalue weighted by Crippen LogP contribution is -2.37. The number of alkyl halides is 3. The van der Waals surface area contributed by atoms with Gasteiger partial charge >= 0.3 is 6.18 Å². The molecular formula is C23H38F4NO4-. The van der Waals surface area contributed by atoms with Crippen molar-refractivity contribution in [2.45, 2.75) is 66.5 Å². The molecule has 1 aromatic carbocycles. The van der Waals surface area contributed by atoms with Gasteiger partial charge in [0.2, 0.25) is 0 Å². The Morgan fingerprint density at radius 1 is 1.00 bits per heavy atom. The van der Waals surface area contributed by atoms with Crippen LogP contribution in [0.5, 0.6) is 5.75 Å². The zero-order valence-corrected chi connectivity index (χ0v) is 19.9. The average molecular weight is 469 g/mol. The van der Waals surface area contributed by atoms with Gasteiger partial charge < -0.3 is 24.3 Å². The summed E-state index contributed by atoms with van der Waals surface area (Å²) in [5.74, 6) is -2.95. The molecule has 0 radical (unpaired) electrons. The van der Waals surface area contributed by atoms with Gasteiger partial charge in [-0.2, -0.15) is 13.2 Å². The maximum absolute atomic E-state index is 13.6. The van der Waals surface area contributed by atoms with Crippen LogP contribution < -0.4 is 9.84 Å². The number of hydrogen-bond donors (Lipinski definition) is 0. The fourth-order valence-electron chi connectivity index (χ4n) is 2.39. The number of carboxylic acid groups (broad SMARTS) is 1. The molecule has 0 saturated carbocycles. The van der Waals surface area contributed by atoms with E-state index >= 15 is 0 Å². The highest BCUT2D eigenvalue weighted by molar-refractivity contribution is 5.70. The van der Waals surface area contributed by atoms with Crippen LogP contribution in [0.3, 0.4) is 0 Å². The zero-order chi connectivity index (χ0) is 25.0. The van der Waals surface area contributed by atoms with Crippen LogP contribution in [0.4, 0.5) is 17.6 Å². The zero-order valence-electron chi connectivity index (χ0n) is 19.9. The number of carbonyl (C=O) groups is 1. The first-order valence-corrected chi connectivity index (χ1v) is 11.1. The number of carbonyl (C=O) groups excluding carboxylic acids is 1. The molecule has 0 aromatic heterocycles. The average Bonchev–Trinajstić information content (AvgIpc) is 2.74. The number of unbranched alkanes of at least 4 members (excludes halogenated alkanes) is 2. The van der Waals surface area contributed by atoms with Crippen molar-refractivity contribution in [3.8, 4) is 5.75 Å². The van der Waals surface area contributed by atoms with Gasteiger partial charge in [-0.15, -0.1) is 0 Å². The van der Waals surface area contributed by atoms with Crippen LogP contribution in [0.25, 0.3) is 0 Å². The summed E-state index contributed by atoms with van der Waals surface area (Å²) >= 11 is 0. The number of halogens is 4. The standard InChI is InChI=1S/C19H32FNO2.C2HF3O2.C2H6/c1-4-21(5-2)12-6-7-13-22-14-8-9-15-23-19-11-10-17(3)16-18(19)20;3-2(4,5)1(6)7;1-2/h10-11,16H,4-9,12-15H2,1-3H3;(H,6,7);1-2H3/p-1. The number of rotatable bonds is 13. The van der Waals surface area contributed by atoms with E-state index in [2.05, 4.69) is 18.7 Å². The van der Waals surface area contributed by atoms with Crippen molar-refractivity contribution in [2.75, 3.05) is 39.5 Å². The third kappa shape index (κ3) is 17.8. The maximum Gasteiger partial charge on any atom is 0.430 e. The molecule has 0 aliphatic heterocycles. The van der Waals surface area contributed by atoms with Crippen molar-refractivity contribution in [2.24, 2.45) is 0 Å². The summed E-state index contributed by atoms with van der Waals surface area (Å²) in [5, 5.41) is 8.78. The van der Waals surface area contributed by atoms with E-state index in [9.17, 15) is 17.6 Å². The van der Waals surface area contributed by atoms with E-state index in [4.69, 9.17) is 19.4 Å². The van der Waals surface area contributed by atoms with Crippen LogP contribution in [0.1, 0.15) is 58.9 Å². The van der Waals surface area contributed by atoms with Crippen molar-refractivity contribution >= 4 is 5.97 Å². The first-order valence-electron chi connectivity index (χ1n) is 11.1. The minimum Gasteiger partial charge on any atom is -0.542 e. The van der Waals surface area contributed by atoms with Gasteiger partial charge in [0.05, 0.1) is 6.61 Å². The van der Waals surface area contributed by atoms with E-state index in [1.54, 1.807) is 6.07 Å². The largest absolute Gasteiger partial charge is 0.542 e. The summed E-state index contributed by atoms with van der Waals surface area (Å²) in [6.07, 6.45) is -1.06. The Morgan fingerprint density at radius 2 is 1.50 bits per heavy atom. The number of nitrogens with zero attached hydrogens (tertiary/aromatic N) is 1. The minimum absolute atomic E-state index is 0.283. The van der Waals surface area contributed by atoms with Gasteiger partial charge in [-0.3, -0.25) is 0 Å². The first-order chi connectivity index (χ1) is 15.1. The molecule has 0 bridgehead atoms. The van der Waals surface area contributed by atoms with Gasteiger partial charge in [-0.1, -0.05) is 33.8 Å². The molecule has 0 aliphatic carbocycles. The normalized spacial score (nSPS) is 10.7. The highest BCUT2D eigenvalue weighted by Crippen LogP contribution is 2.18. The van der Waals surface area contributed by atoms with E-state index in [0.717, 1.165) is 57.7 Å². The fourth-order valence-corrected chi connectivity index (χ4v) is 2.39. The van der Waals surface area contributed by atoms with Crippen molar-refractivity contribution in [3.05, 3.63) is 29.6 Å². The molecule has 0 fully saturated rings. The molecule has 1 aromatic rings. The molecule has 0 unspecified atom stereocenters. The topological polar surface area (TPSA) is 61.8 Å². The molecule has 0 heterocycles. The molecule has 0 aliphatic rings. The third-order valence-corrected chi connectivity index (χ3v) is 4.17. The highest BCUT2D eigenvalue weighted by atomic mass is 19.4. The molecule has 1 rings (SSSR count). The molecule has 0 amide bonds. The van der Waals surface area contributed by atoms with E-state index in [1.165, 1.54) is 12.5 Å². The van der Waals surface area contributed by atoms with E-state index in [0.29, 0.717) is 12.4 Å². The van der Waals surface area contributed by atoms with Gasteiger partial charge in [-0.05, 0) is 69.9 Å². The van der Waals surface area contributed by atoms with E-state index < -0.39 is 12.1 Å². The SMILES string of the molecule is CC.CCN(CC)CCCCOCCCCOc1ccc(C)cc1F.O=C([O-])C(F)(F)F. The second kappa shape index (κ2) is 19.8. The minimum atomic E-state index is -5.19. The van der Waals surface area contributed by atoms with Crippen molar-refractivity contribution in [1.29, 1.82) is 0 Å². The Balaban J connectivity index is 0. The van der Waals surface area contributed by atoms with Crippen LogP contribution in [-0.2, 0) is 9.53 Å². The number of benzene rings is 1. The fraction of sp³-hybridized carbons (Fsp3) is 0.696. The second-order valence-electron chi connectivity index (χ2n) is 6.62. The predicted molar refractivity (Wildman–Crippen MR) is 116 cm³/mol. The Kier molecular flexibility index (Phi) is 20.0. The Labute approximate surface area is 189 Å².